The van der Waals surface area contributed by atoms with E-state index in [0.29, 0.717) is 13.0 Å². The summed E-state index contributed by atoms with van der Waals surface area (Å²) >= 11 is 0. The molecule has 174 valence electrons. The smallest absolute Gasteiger partial charge is 0.419 e. The maximum atomic E-state index is 13.6. The van der Waals surface area contributed by atoms with E-state index in [9.17, 15) is 13.2 Å². The molecular weight excluding hydrogens is 427 g/mol. The van der Waals surface area contributed by atoms with Crippen molar-refractivity contribution >= 4 is 5.96 Å². The fourth-order valence-electron chi connectivity index (χ4n) is 3.51. The van der Waals surface area contributed by atoms with Crippen LogP contribution in [-0.4, -0.2) is 39.4 Å². The van der Waals surface area contributed by atoms with Crippen LogP contribution in [0.5, 0.6) is 5.75 Å². The Morgan fingerprint density at radius 2 is 2.22 bits per heavy atom. The van der Waals surface area contributed by atoms with Gasteiger partial charge in [0.25, 0.3) is 0 Å². The van der Waals surface area contributed by atoms with Crippen LogP contribution in [0.3, 0.4) is 0 Å². The maximum absolute atomic E-state index is 13.6. The van der Waals surface area contributed by atoms with Crippen molar-refractivity contribution in [2.45, 2.75) is 51.2 Å². The Labute approximate surface area is 183 Å². The van der Waals surface area contributed by atoms with Gasteiger partial charge < -0.3 is 25.1 Å². The molecule has 2 aromatic rings. The van der Waals surface area contributed by atoms with Gasteiger partial charge in [-0.25, -0.2) is 0 Å². The number of hydrogen-bond acceptors (Lipinski definition) is 6. The van der Waals surface area contributed by atoms with Crippen LogP contribution < -0.4 is 10.5 Å². The molecule has 1 saturated heterocycles. The number of nitrogens with zero attached hydrogens (tertiary/aromatic N) is 4. The second-order valence-electron chi connectivity index (χ2n) is 7.40. The highest BCUT2D eigenvalue weighted by molar-refractivity contribution is 5.78. The van der Waals surface area contributed by atoms with Crippen molar-refractivity contribution in [1.82, 2.24) is 15.0 Å². The average Bonchev–Trinajstić information content (AvgIpc) is 3.44. The number of benzene rings is 1. The van der Waals surface area contributed by atoms with Crippen LogP contribution in [0.2, 0.25) is 0 Å². The third-order valence-corrected chi connectivity index (χ3v) is 5.15. The summed E-state index contributed by atoms with van der Waals surface area (Å²) in [6, 6.07) is 3.25. The van der Waals surface area contributed by atoms with E-state index in [1.165, 1.54) is 12.1 Å². The number of hydrogen-bond donors (Lipinski definition) is 2. The zero-order valence-electron chi connectivity index (χ0n) is 17.7. The van der Waals surface area contributed by atoms with Crippen molar-refractivity contribution in [2.75, 3.05) is 13.2 Å². The first kappa shape index (κ1) is 23.4. The number of likely N-dealkylation sites (tertiary alicyclic amines) is 1. The third-order valence-electron chi connectivity index (χ3n) is 5.15. The lowest BCUT2D eigenvalue weighted by Crippen LogP contribution is -2.36. The molecule has 32 heavy (non-hydrogen) atoms. The molecule has 1 aromatic heterocycles. The molecule has 2 heterocycles. The largest absolute Gasteiger partial charge is 0.489 e. The van der Waals surface area contributed by atoms with E-state index in [2.05, 4.69) is 22.2 Å². The van der Waals surface area contributed by atoms with Crippen molar-refractivity contribution < 1.29 is 27.6 Å². The zero-order chi connectivity index (χ0) is 23.1. The van der Waals surface area contributed by atoms with Gasteiger partial charge >= 0.3 is 6.18 Å². The van der Waals surface area contributed by atoms with Crippen LogP contribution in [0.1, 0.15) is 56.5 Å². The lowest BCUT2D eigenvalue weighted by molar-refractivity contribution is -0.138. The minimum atomic E-state index is -4.61. The third kappa shape index (κ3) is 5.51. The van der Waals surface area contributed by atoms with Crippen molar-refractivity contribution in [3.05, 3.63) is 41.8 Å². The number of aromatic nitrogens is 2. The summed E-state index contributed by atoms with van der Waals surface area (Å²) in [4.78, 5) is 5.86. The summed E-state index contributed by atoms with van der Waals surface area (Å²) in [5.74, 6) is -0.145. The quantitative estimate of drug-likeness (QED) is 0.149. The van der Waals surface area contributed by atoms with Gasteiger partial charge in [0.1, 0.15) is 18.4 Å². The highest BCUT2D eigenvalue weighted by Gasteiger charge is 2.36. The SMILES string of the molecule is CCCCC=CCOc1ccc(-c2noc([C@@H]3CCCN3/C(N)=N/O)n2)cc1C(F)(F)F. The van der Waals surface area contributed by atoms with Gasteiger partial charge in [0.15, 0.2) is 0 Å². The average molecular weight is 453 g/mol. The molecule has 0 radical (unpaired) electrons. The van der Waals surface area contributed by atoms with Crippen LogP contribution in [0, 0.1) is 0 Å². The van der Waals surface area contributed by atoms with Gasteiger partial charge in [0.2, 0.25) is 17.7 Å². The van der Waals surface area contributed by atoms with Crippen molar-refractivity contribution in [3.8, 4) is 17.1 Å². The topological polar surface area (TPSA) is 110 Å². The summed E-state index contributed by atoms with van der Waals surface area (Å²) in [5.41, 5.74) is 4.91. The monoisotopic (exact) mass is 453 g/mol. The van der Waals surface area contributed by atoms with Gasteiger partial charge in [0.05, 0.1) is 5.56 Å². The summed E-state index contributed by atoms with van der Waals surface area (Å²) in [7, 11) is 0. The van der Waals surface area contributed by atoms with Crippen LogP contribution in [0.25, 0.3) is 11.4 Å². The fraction of sp³-hybridized carbons (Fsp3) is 0.476. The van der Waals surface area contributed by atoms with E-state index in [-0.39, 0.29) is 35.6 Å². The number of rotatable bonds is 8. The van der Waals surface area contributed by atoms with Gasteiger partial charge in [-0.15, -0.1) is 0 Å². The number of ether oxygens (including phenoxy) is 1. The number of guanidine groups is 1. The first-order valence-electron chi connectivity index (χ1n) is 10.4. The van der Waals surface area contributed by atoms with Crippen molar-refractivity contribution in [2.24, 2.45) is 10.9 Å². The Bertz CT molecular complexity index is 958. The summed E-state index contributed by atoms with van der Waals surface area (Å²) in [5, 5.41) is 15.7. The van der Waals surface area contributed by atoms with E-state index >= 15 is 0 Å². The highest BCUT2D eigenvalue weighted by Crippen LogP contribution is 2.39. The molecule has 1 atom stereocenters. The van der Waals surface area contributed by atoms with Gasteiger partial charge in [-0.05, 0) is 37.5 Å². The molecule has 0 bridgehead atoms. The lowest BCUT2D eigenvalue weighted by Gasteiger charge is -2.21. The number of oxime groups is 1. The Hall–Kier alpha value is -3.24. The minimum absolute atomic E-state index is 0.0165. The molecule has 1 fully saturated rings. The van der Waals surface area contributed by atoms with E-state index in [4.69, 9.17) is 20.2 Å². The van der Waals surface area contributed by atoms with E-state index in [1.54, 1.807) is 11.0 Å². The predicted octanol–water partition coefficient (Wildman–Crippen LogP) is 4.72. The molecule has 1 aromatic carbocycles. The maximum Gasteiger partial charge on any atom is 0.419 e. The summed E-state index contributed by atoms with van der Waals surface area (Å²) in [6.45, 7) is 2.65. The van der Waals surface area contributed by atoms with Crippen molar-refractivity contribution in [3.63, 3.8) is 0 Å². The van der Waals surface area contributed by atoms with Crippen LogP contribution >= 0.6 is 0 Å². The number of unbranched alkanes of at least 4 members (excludes halogenated alkanes) is 2. The standard InChI is InChI=1S/C21H26F3N5O3/c1-2-3-4-5-6-12-31-17-10-9-14(13-15(17)21(22,23)24)18-26-19(32-28-18)16-8-7-11-29(16)20(25)27-30/h5-6,9-10,13,16,30H,2-4,7-8,11-12H2,1H3,(H2,25,27)/t16-/m0/s1. The predicted molar refractivity (Wildman–Crippen MR) is 111 cm³/mol. The summed E-state index contributed by atoms with van der Waals surface area (Å²) in [6.07, 6.45) is 3.31. The lowest BCUT2D eigenvalue weighted by atomic mass is 10.1. The molecule has 0 aliphatic carbocycles. The van der Waals surface area contributed by atoms with Crippen molar-refractivity contribution in [1.29, 1.82) is 0 Å². The molecule has 3 N–H and O–H groups in total. The molecule has 0 unspecified atom stereocenters. The Morgan fingerprint density at radius 1 is 1.41 bits per heavy atom. The molecule has 1 aliphatic heterocycles. The second-order valence-corrected chi connectivity index (χ2v) is 7.40. The first-order chi connectivity index (χ1) is 15.3. The molecule has 1 aliphatic rings. The molecular formula is C21H26F3N5O3. The summed E-state index contributed by atoms with van der Waals surface area (Å²) < 4.78 is 51.5. The number of halogens is 3. The number of allylic oxidation sites excluding steroid dienone is 1. The molecule has 0 spiro atoms. The van der Waals surface area contributed by atoms with Gasteiger partial charge in [-0.1, -0.05) is 42.2 Å². The van der Waals surface area contributed by atoms with Crippen LogP contribution in [-0.2, 0) is 6.18 Å². The zero-order valence-corrected chi connectivity index (χ0v) is 17.7. The van der Waals surface area contributed by atoms with Crippen LogP contribution in [0.4, 0.5) is 13.2 Å². The molecule has 0 saturated carbocycles. The van der Waals surface area contributed by atoms with E-state index in [1.807, 2.05) is 6.08 Å². The van der Waals surface area contributed by atoms with E-state index in [0.717, 1.165) is 31.7 Å². The number of alkyl halides is 3. The normalized spacial score (nSPS) is 17.4. The Morgan fingerprint density at radius 3 is 2.94 bits per heavy atom. The highest BCUT2D eigenvalue weighted by atomic mass is 19.4. The molecule has 8 nitrogen and oxygen atoms in total. The Kier molecular flexibility index (Phi) is 7.60. The number of nitrogens with two attached hydrogens (primary N) is 1. The van der Waals surface area contributed by atoms with Gasteiger partial charge in [0, 0.05) is 12.1 Å². The second kappa shape index (κ2) is 10.4. The van der Waals surface area contributed by atoms with E-state index < -0.39 is 17.8 Å². The first-order valence-corrected chi connectivity index (χ1v) is 10.4. The van der Waals surface area contributed by atoms with Crippen LogP contribution in [0.15, 0.2) is 40.0 Å². The molecule has 0 amide bonds. The minimum Gasteiger partial charge on any atom is -0.489 e. The molecule has 11 heteroatoms. The van der Waals surface area contributed by atoms with Gasteiger partial charge in [-0.3, -0.25) is 0 Å². The van der Waals surface area contributed by atoms with Gasteiger partial charge in [-0.2, -0.15) is 18.2 Å². The Balaban J connectivity index is 1.79. The molecule has 3 rings (SSSR count). The fourth-order valence-corrected chi connectivity index (χ4v) is 3.51.